The van der Waals surface area contributed by atoms with Crippen LogP contribution in [-0.4, -0.2) is 63.5 Å². The molecule has 0 bridgehead atoms. The summed E-state index contributed by atoms with van der Waals surface area (Å²) in [5, 5.41) is 5.89. The lowest BCUT2D eigenvalue weighted by Gasteiger charge is -2.39. The molecule has 9 nitrogen and oxygen atoms in total. The smallest absolute Gasteiger partial charge is 0.246 e. The normalized spacial score (nSPS) is 19.4. The van der Waals surface area contributed by atoms with E-state index < -0.39 is 21.4 Å². The van der Waals surface area contributed by atoms with E-state index >= 15 is 0 Å². The van der Waals surface area contributed by atoms with Gasteiger partial charge in [-0.1, -0.05) is 61.7 Å². The van der Waals surface area contributed by atoms with Gasteiger partial charge in [0.05, 0.1) is 42.8 Å². The molecular formula is C29H37N3O6S. The number of hydrogen-bond acceptors (Lipinski definition) is 7. The number of carbonyl (C=O) groups is 3. The lowest BCUT2D eigenvalue weighted by atomic mass is 9.80. The van der Waals surface area contributed by atoms with Gasteiger partial charge in [0.2, 0.25) is 11.8 Å². The number of para-hydroxylation sites is 1. The lowest BCUT2D eigenvalue weighted by molar-refractivity contribution is -0.137. The first-order valence-corrected chi connectivity index (χ1v) is 15.4. The second kappa shape index (κ2) is 12.7. The molecule has 1 aliphatic heterocycles. The molecule has 4 rings (SSSR count). The molecule has 210 valence electrons. The number of nitrogens with zero attached hydrogens (tertiary/aromatic N) is 1. The Morgan fingerprint density at radius 2 is 1.72 bits per heavy atom. The Bertz CT molecular complexity index is 1270. The number of Topliss-reactive ketones (excluding diaryl/α,β-unsaturated/α-hetero) is 1. The molecule has 39 heavy (non-hydrogen) atoms. The number of piperidine rings is 1. The summed E-state index contributed by atoms with van der Waals surface area (Å²) in [4.78, 5) is 41.3. The Hall–Kier alpha value is -3.24. The first-order chi connectivity index (χ1) is 18.7. The summed E-state index contributed by atoms with van der Waals surface area (Å²) in [7, 11) is -3.46. The first-order valence-electron chi connectivity index (χ1n) is 13.5. The Morgan fingerprint density at radius 1 is 1.03 bits per heavy atom. The van der Waals surface area contributed by atoms with Gasteiger partial charge in [0.25, 0.3) is 0 Å². The molecule has 1 unspecified atom stereocenters. The van der Waals surface area contributed by atoms with E-state index in [-0.39, 0.29) is 42.1 Å². The van der Waals surface area contributed by atoms with E-state index in [1.807, 2.05) is 30.3 Å². The minimum Gasteiger partial charge on any atom is -0.376 e. The zero-order valence-electron chi connectivity index (χ0n) is 22.4. The van der Waals surface area contributed by atoms with Crippen molar-refractivity contribution in [1.82, 2.24) is 10.6 Å². The van der Waals surface area contributed by atoms with Crippen molar-refractivity contribution >= 4 is 33.1 Å². The van der Waals surface area contributed by atoms with Crippen LogP contribution in [0.15, 0.2) is 59.5 Å². The molecule has 2 amide bonds. The highest BCUT2D eigenvalue weighted by Crippen LogP contribution is 2.30. The predicted octanol–water partition coefficient (Wildman–Crippen LogP) is 2.78. The summed E-state index contributed by atoms with van der Waals surface area (Å²) in [6, 6.07) is 15.6. The van der Waals surface area contributed by atoms with Gasteiger partial charge in [-0.05, 0) is 37.0 Å². The van der Waals surface area contributed by atoms with Crippen LogP contribution >= 0.6 is 0 Å². The van der Waals surface area contributed by atoms with Crippen molar-refractivity contribution in [2.24, 2.45) is 0 Å². The van der Waals surface area contributed by atoms with E-state index in [0.29, 0.717) is 38.1 Å². The molecule has 1 heterocycles. The van der Waals surface area contributed by atoms with Gasteiger partial charge < -0.3 is 20.3 Å². The average molecular weight is 556 g/mol. The summed E-state index contributed by atoms with van der Waals surface area (Å²) in [5.41, 5.74) is 0.467. The molecule has 1 atom stereocenters. The fourth-order valence-electron chi connectivity index (χ4n) is 5.33. The number of rotatable bonds is 10. The van der Waals surface area contributed by atoms with Crippen molar-refractivity contribution in [2.75, 3.05) is 30.9 Å². The summed E-state index contributed by atoms with van der Waals surface area (Å²) in [6.07, 6.45) is 5.28. The molecule has 0 radical (unpaired) electrons. The Morgan fingerprint density at radius 3 is 2.41 bits per heavy atom. The number of hydrogen-bond donors (Lipinski definition) is 2. The SMILES string of the molecule is CS(=O)(=O)c1ccccc1N1CCC(NC(=O)C2(NC(=O)CCOCc3ccccc3)CCCCC2)C(=O)C1. The van der Waals surface area contributed by atoms with Gasteiger partial charge in [0.15, 0.2) is 15.6 Å². The van der Waals surface area contributed by atoms with Gasteiger partial charge in [-0.15, -0.1) is 0 Å². The quantitative estimate of drug-likeness (QED) is 0.433. The van der Waals surface area contributed by atoms with Crippen LogP contribution in [0.3, 0.4) is 0 Å². The van der Waals surface area contributed by atoms with Crippen LogP contribution in [0, 0.1) is 0 Å². The predicted molar refractivity (Wildman–Crippen MR) is 148 cm³/mol. The van der Waals surface area contributed by atoms with E-state index in [1.165, 1.54) is 6.07 Å². The van der Waals surface area contributed by atoms with Crippen molar-refractivity contribution in [2.45, 2.75) is 68.0 Å². The van der Waals surface area contributed by atoms with E-state index in [2.05, 4.69) is 10.6 Å². The van der Waals surface area contributed by atoms with Crippen LogP contribution in [0.5, 0.6) is 0 Å². The number of amides is 2. The molecule has 1 saturated carbocycles. The zero-order chi connectivity index (χ0) is 27.9. The van der Waals surface area contributed by atoms with Crippen molar-refractivity contribution in [3.8, 4) is 0 Å². The van der Waals surface area contributed by atoms with Gasteiger partial charge in [-0.3, -0.25) is 14.4 Å². The minimum atomic E-state index is -3.46. The van der Waals surface area contributed by atoms with E-state index in [4.69, 9.17) is 4.74 Å². The molecule has 1 saturated heterocycles. The fraction of sp³-hybridized carbons (Fsp3) is 0.483. The Labute approximate surface area is 230 Å². The molecule has 2 aliphatic rings. The van der Waals surface area contributed by atoms with Gasteiger partial charge in [-0.2, -0.15) is 0 Å². The zero-order valence-corrected chi connectivity index (χ0v) is 23.2. The van der Waals surface area contributed by atoms with Crippen molar-refractivity contribution < 1.29 is 27.5 Å². The van der Waals surface area contributed by atoms with Gasteiger partial charge in [0.1, 0.15) is 5.54 Å². The third-order valence-corrected chi connectivity index (χ3v) is 8.58. The Kier molecular flexibility index (Phi) is 9.40. The molecule has 2 N–H and O–H groups in total. The van der Waals surface area contributed by atoms with E-state index in [9.17, 15) is 22.8 Å². The lowest BCUT2D eigenvalue weighted by Crippen LogP contribution is -2.63. The molecule has 0 aromatic heterocycles. The standard InChI is InChI=1S/C29H37N3O6S/c1-39(36,37)26-13-7-6-12-24(26)32-18-14-23(25(33)20-32)30-28(35)29(16-8-3-9-17-29)31-27(34)15-19-38-21-22-10-4-2-5-11-22/h2,4-7,10-13,23H,3,8-9,14-21H2,1H3,(H,30,35)(H,31,34). The topological polar surface area (TPSA) is 122 Å². The number of ether oxygens (including phenoxy) is 1. The highest BCUT2D eigenvalue weighted by Gasteiger charge is 2.42. The molecule has 10 heteroatoms. The highest BCUT2D eigenvalue weighted by molar-refractivity contribution is 7.90. The maximum Gasteiger partial charge on any atom is 0.246 e. The number of anilines is 1. The van der Waals surface area contributed by atoms with Crippen molar-refractivity contribution in [3.63, 3.8) is 0 Å². The van der Waals surface area contributed by atoms with Gasteiger partial charge in [-0.25, -0.2) is 8.42 Å². The number of sulfone groups is 1. The molecule has 0 spiro atoms. The first kappa shape index (κ1) is 28.8. The highest BCUT2D eigenvalue weighted by atomic mass is 32.2. The largest absolute Gasteiger partial charge is 0.376 e. The number of nitrogens with one attached hydrogen (secondary N) is 2. The third kappa shape index (κ3) is 7.45. The maximum atomic E-state index is 13.5. The summed E-state index contributed by atoms with van der Waals surface area (Å²) in [6.45, 7) is 1.07. The fourth-order valence-corrected chi connectivity index (χ4v) is 6.24. The maximum absolute atomic E-state index is 13.5. The molecule has 2 fully saturated rings. The molecule has 1 aliphatic carbocycles. The minimum absolute atomic E-state index is 0.00437. The average Bonchev–Trinajstić information content (AvgIpc) is 2.93. The van der Waals surface area contributed by atoms with Crippen molar-refractivity contribution in [3.05, 3.63) is 60.2 Å². The van der Waals surface area contributed by atoms with Crippen LogP contribution in [0.25, 0.3) is 0 Å². The Balaban J connectivity index is 1.34. The second-order valence-corrected chi connectivity index (χ2v) is 12.4. The molecule has 2 aromatic carbocycles. The van der Waals surface area contributed by atoms with Crippen LogP contribution in [0.4, 0.5) is 5.69 Å². The van der Waals surface area contributed by atoms with Crippen LogP contribution in [0.2, 0.25) is 0 Å². The van der Waals surface area contributed by atoms with Gasteiger partial charge >= 0.3 is 0 Å². The van der Waals surface area contributed by atoms with E-state index in [0.717, 1.165) is 31.1 Å². The van der Waals surface area contributed by atoms with Crippen LogP contribution in [-0.2, 0) is 35.6 Å². The second-order valence-electron chi connectivity index (χ2n) is 10.4. The summed E-state index contributed by atoms with van der Waals surface area (Å²) >= 11 is 0. The summed E-state index contributed by atoms with van der Waals surface area (Å²) < 4.78 is 30.1. The number of ketones is 1. The van der Waals surface area contributed by atoms with Gasteiger partial charge in [0, 0.05) is 12.8 Å². The van der Waals surface area contributed by atoms with E-state index in [1.54, 1.807) is 23.1 Å². The van der Waals surface area contributed by atoms with Crippen LogP contribution in [0.1, 0.15) is 50.5 Å². The molecular weight excluding hydrogens is 518 g/mol. The van der Waals surface area contributed by atoms with Crippen molar-refractivity contribution in [1.29, 1.82) is 0 Å². The number of carbonyl (C=O) groups excluding carboxylic acids is 3. The monoisotopic (exact) mass is 555 g/mol. The summed E-state index contributed by atoms with van der Waals surface area (Å²) in [5.74, 6) is -0.771. The number of benzene rings is 2. The van der Waals surface area contributed by atoms with Crippen LogP contribution < -0.4 is 15.5 Å². The third-order valence-electron chi connectivity index (χ3n) is 7.44. The molecule has 2 aromatic rings.